The summed E-state index contributed by atoms with van der Waals surface area (Å²) < 4.78 is 0. The van der Waals surface area contributed by atoms with E-state index in [1.165, 1.54) is 6.33 Å². The van der Waals surface area contributed by atoms with Crippen molar-refractivity contribution in [3.05, 3.63) is 12.0 Å². The summed E-state index contributed by atoms with van der Waals surface area (Å²) >= 11 is 0. The average Bonchev–Trinajstić information content (AvgIpc) is 2.15. The van der Waals surface area contributed by atoms with E-state index in [0.717, 1.165) is 0 Å². The number of aliphatic carboxylic acids is 1. The van der Waals surface area contributed by atoms with Gasteiger partial charge in [-0.1, -0.05) is 0 Å². The van der Waals surface area contributed by atoms with Crippen LogP contribution in [0.1, 0.15) is 5.69 Å². The van der Waals surface area contributed by atoms with Crippen LogP contribution in [0.4, 0.5) is 0 Å². The summed E-state index contributed by atoms with van der Waals surface area (Å²) in [6.45, 7) is 0. The summed E-state index contributed by atoms with van der Waals surface area (Å²) in [6, 6.07) is 0. The number of H-pyrrole nitrogens is 1. The molecular formula is C5H6N2O3. The molecule has 10 heavy (non-hydrogen) atoms. The van der Waals surface area contributed by atoms with E-state index in [4.69, 9.17) is 10.2 Å². The Kier molecular flexibility index (Phi) is 1.57. The number of hydrogen-bond acceptors (Lipinski definition) is 3. The van der Waals surface area contributed by atoms with E-state index >= 15 is 0 Å². The molecule has 0 bridgehead atoms. The van der Waals surface area contributed by atoms with Crippen molar-refractivity contribution < 1.29 is 15.0 Å². The minimum absolute atomic E-state index is 0.229. The minimum atomic E-state index is -1.00. The lowest BCUT2D eigenvalue weighted by Crippen LogP contribution is -2.00. The molecule has 5 nitrogen and oxygen atoms in total. The van der Waals surface area contributed by atoms with Crippen LogP contribution in [0.25, 0.3) is 0 Å². The first-order valence-electron chi connectivity index (χ1n) is 2.63. The van der Waals surface area contributed by atoms with Crippen LogP contribution in [-0.2, 0) is 11.2 Å². The monoisotopic (exact) mass is 142 g/mol. The summed E-state index contributed by atoms with van der Waals surface area (Å²) in [5.41, 5.74) is 0.229. The molecule has 0 aliphatic rings. The number of nitrogens with zero attached hydrogens (tertiary/aromatic N) is 1. The molecule has 1 aromatic heterocycles. The van der Waals surface area contributed by atoms with Gasteiger partial charge in [0, 0.05) is 0 Å². The molecule has 0 amide bonds. The third kappa shape index (κ3) is 1.25. The number of aromatic hydroxyl groups is 1. The molecule has 0 spiro atoms. The number of carbonyl (C=O) groups is 1. The number of aromatic nitrogens is 2. The molecule has 0 saturated carbocycles. The second-order valence-corrected chi connectivity index (χ2v) is 1.78. The quantitative estimate of drug-likeness (QED) is 0.531. The molecule has 0 saturated heterocycles. The minimum Gasteiger partial charge on any atom is -0.492 e. The topological polar surface area (TPSA) is 86.2 Å². The zero-order valence-corrected chi connectivity index (χ0v) is 5.03. The molecule has 0 unspecified atom stereocenters. The first-order valence-corrected chi connectivity index (χ1v) is 2.63. The molecule has 1 rings (SSSR count). The smallest absolute Gasteiger partial charge is 0.309 e. The number of imidazole rings is 1. The van der Waals surface area contributed by atoms with Gasteiger partial charge in [-0.25, -0.2) is 4.98 Å². The van der Waals surface area contributed by atoms with Crippen LogP contribution < -0.4 is 0 Å². The highest BCUT2D eigenvalue weighted by molar-refractivity contribution is 5.70. The van der Waals surface area contributed by atoms with E-state index in [1.807, 2.05) is 0 Å². The molecule has 3 N–H and O–H groups in total. The van der Waals surface area contributed by atoms with Crippen LogP contribution in [-0.4, -0.2) is 26.2 Å². The normalized spacial score (nSPS) is 9.60. The van der Waals surface area contributed by atoms with Gasteiger partial charge in [-0.2, -0.15) is 0 Å². The summed E-state index contributed by atoms with van der Waals surface area (Å²) in [6.07, 6.45) is 1.01. The van der Waals surface area contributed by atoms with Gasteiger partial charge in [0.1, 0.15) is 0 Å². The van der Waals surface area contributed by atoms with Gasteiger partial charge in [0.05, 0.1) is 18.4 Å². The zero-order valence-electron chi connectivity index (χ0n) is 5.03. The Hall–Kier alpha value is -1.52. The SMILES string of the molecule is O=C(O)Cc1[nH]cnc1O. The Morgan fingerprint density at radius 2 is 2.50 bits per heavy atom. The van der Waals surface area contributed by atoms with Crippen LogP contribution in [0.3, 0.4) is 0 Å². The maximum absolute atomic E-state index is 10.1. The molecule has 0 atom stereocenters. The summed E-state index contributed by atoms with van der Waals surface area (Å²) in [5.74, 6) is -1.25. The molecule has 1 heterocycles. The van der Waals surface area contributed by atoms with Crippen molar-refractivity contribution in [2.45, 2.75) is 6.42 Å². The Morgan fingerprint density at radius 1 is 1.80 bits per heavy atom. The highest BCUT2D eigenvalue weighted by atomic mass is 16.4. The van der Waals surface area contributed by atoms with Crippen LogP contribution in [0.2, 0.25) is 0 Å². The van der Waals surface area contributed by atoms with Gasteiger partial charge < -0.3 is 15.2 Å². The van der Waals surface area contributed by atoms with Crippen LogP contribution in [0, 0.1) is 0 Å². The summed E-state index contributed by atoms with van der Waals surface area (Å²) in [4.78, 5) is 16.0. The van der Waals surface area contributed by atoms with Crippen molar-refractivity contribution in [2.24, 2.45) is 0 Å². The maximum atomic E-state index is 10.1. The van der Waals surface area contributed by atoms with E-state index in [1.54, 1.807) is 0 Å². The molecule has 5 heteroatoms. The van der Waals surface area contributed by atoms with Crippen LogP contribution >= 0.6 is 0 Å². The van der Waals surface area contributed by atoms with Gasteiger partial charge in [0.2, 0.25) is 5.88 Å². The number of rotatable bonds is 2. The zero-order chi connectivity index (χ0) is 7.56. The van der Waals surface area contributed by atoms with Gasteiger partial charge in [0.15, 0.2) is 0 Å². The molecular weight excluding hydrogens is 136 g/mol. The standard InChI is InChI=1S/C5H6N2O3/c8-4(9)1-3-5(10)7-2-6-3/h2,10H,1H2,(H,6,7)(H,8,9). The Bertz CT molecular complexity index is 243. The first-order chi connectivity index (χ1) is 4.70. The predicted octanol–water partition coefficient (Wildman–Crippen LogP) is -0.258. The molecule has 0 aliphatic carbocycles. The predicted molar refractivity (Wildman–Crippen MR) is 31.6 cm³/mol. The second-order valence-electron chi connectivity index (χ2n) is 1.78. The molecule has 0 fully saturated rings. The highest BCUT2D eigenvalue weighted by Gasteiger charge is 2.06. The lowest BCUT2D eigenvalue weighted by molar-refractivity contribution is -0.136. The van der Waals surface area contributed by atoms with E-state index < -0.39 is 5.97 Å². The first kappa shape index (κ1) is 6.60. The van der Waals surface area contributed by atoms with Gasteiger partial charge in [-0.15, -0.1) is 0 Å². The van der Waals surface area contributed by atoms with Gasteiger partial charge in [-0.3, -0.25) is 4.79 Å². The van der Waals surface area contributed by atoms with Crippen LogP contribution in [0.5, 0.6) is 5.88 Å². The molecule has 54 valence electrons. The Balaban J connectivity index is 2.74. The van der Waals surface area contributed by atoms with Crippen molar-refractivity contribution in [2.75, 3.05) is 0 Å². The van der Waals surface area contributed by atoms with Gasteiger partial charge in [-0.05, 0) is 0 Å². The third-order valence-corrected chi connectivity index (χ3v) is 1.02. The fourth-order valence-electron chi connectivity index (χ4n) is 0.595. The number of aromatic amines is 1. The largest absolute Gasteiger partial charge is 0.492 e. The molecule has 0 aliphatic heterocycles. The van der Waals surface area contributed by atoms with Crippen LogP contribution in [0.15, 0.2) is 6.33 Å². The number of carboxylic acids is 1. The Morgan fingerprint density at radius 3 is 2.90 bits per heavy atom. The fourth-order valence-corrected chi connectivity index (χ4v) is 0.595. The van der Waals surface area contributed by atoms with E-state index in [0.29, 0.717) is 0 Å². The van der Waals surface area contributed by atoms with Crippen molar-refractivity contribution in [3.63, 3.8) is 0 Å². The lowest BCUT2D eigenvalue weighted by Gasteiger charge is -1.89. The van der Waals surface area contributed by atoms with E-state index in [9.17, 15) is 4.79 Å². The van der Waals surface area contributed by atoms with Gasteiger partial charge >= 0.3 is 5.97 Å². The fraction of sp³-hybridized carbons (Fsp3) is 0.200. The van der Waals surface area contributed by atoms with E-state index in [-0.39, 0.29) is 18.0 Å². The van der Waals surface area contributed by atoms with Crippen molar-refractivity contribution >= 4 is 5.97 Å². The molecule has 0 aromatic carbocycles. The second kappa shape index (κ2) is 2.38. The van der Waals surface area contributed by atoms with Crippen molar-refractivity contribution in [3.8, 4) is 5.88 Å². The summed E-state index contributed by atoms with van der Waals surface area (Å²) in [7, 11) is 0. The third-order valence-electron chi connectivity index (χ3n) is 1.02. The number of hydrogen-bond donors (Lipinski definition) is 3. The molecule has 0 radical (unpaired) electrons. The summed E-state index contributed by atoms with van der Waals surface area (Å²) in [5, 5.41) is 17.0. The van der Waals surface area contributed by atoms with E-state index in [2.05, 4.69) is 9.97 Å². The molecule has 1 aromatic rings. The van der Waals surface area contributed by atoms with Crippen molar-refractivity contribution in [1.82, 2.24) is 9.97 Å². The number of nitrogens with one attached hydrogen (secondary N) is 1. The van der Waals surface area contributed by atoms with Gasteiger partial charge in [0.25, 0.3) is 0 Å². The average molecular weight is 142 g/mol. The maximum Gasteiger partial charge on any atom is 0.309 e. The highest BCUT2D eigenvalue weighted by Crippen LogP contribution is 2.09. The Labute approximate surface area is 56.3 Å². The number of carboxylic acid groups (broad SMARTS) is 1. The van der Waals surface area contributed by atoms with Crippen molar-refractivity contribution in [1.29, 1.82) is 0 Å². The lowest BCUT2D eigenvalue weighted by atomic mass is 10.3.